The monoisotopic (exact) mass is 595 g/mol. The normalized spacial score (nSPS) is 15.1. The van der Waals surface area contributed by atoms with E-state index in [1.165, 1.54) is 29.2 Å². The highest BCUT2D eigenvalue weighted by atomic mass is 35.5. The molecule has 3 aromatic carbocycles. The molecule has 0 bridgehead atoms. The molecule has 0 aromatic heterocycles. The minimum atomic E-state index is -4.46. The van der Waals surface area contributed by atoms with E-state index in [1.54, 1.807) is 42.2 Å². The van der Waals surface area contributed by atoms with Gasteiger partial charge in [-0.05, 0) is 55.3 Å². The summed E-state index contributed by atoms with van der Waals surface area (Å²) in [7, 11) is -4.14. The number of halogens is 4. The first-order valence-electron chi connectivity index (χ1n) is 12.7. The number of anilines is 1. The molecule has 0 aliphatic carbocycles. The van der Waals surface area contributed by atoms with Crippen molar-refractivity contribution in [1.82, 2.24) is 9.62 Å². The predicted octanol–water partition coefficient (Wildman–Crippen LogP) is 5.00. The Morgan fingerprint density at radius 3 is 2.33 bits per heavy atom. The van der Waals surface area contributed by atoms with Crippen LogP contribution >= 0.6 is 11.6 Å². The fourth-order valence-electron chi connectivity index (χ4n) is 4.49. The Bertz CT molecular complexity index is 1430. The first-order valence-corrected chi connectivity index (χ1v) is 14.5. The molecule has 1 saturated heterocycles. The number of rotatable bonds is 9. The second-order valence-electron chi connectivity index (χ2n) is 9.25. The quantitative estimate of drug-likeness (QED) is 0.377. The van der Waals surface area contributed by atoms with Gasteiger partial charge >= 0.3 is 6.18 Å². The van der Waals surface area contributed by atoms with Crippen LogP contribution in [0.4, 0.5) is 18.9 Å². The number of alkyl halides is 3. The number of carbonyl (C=O) groups is 1. The summed E-state index contributed by atoms with van der Waals surface area (Å²) in [5.41, 5.74) is 0.432. The first-order chi connectivity index (χ1) is 19.0. The molecule has 0 unspecified atom stereocenters. The highest BCUT2D eigenvalue weighted by molar-refractivity contribution is 7.89. The molecule has 1 heterocycles. The maximum atomic E-state index is 13.6. The lowest BCUT2D eigenvalue weighted by molar-refractivity contribution is -0.137. The Morgan fingerprint density at radius 2 is 1.70 bits per heavy atom. The minimum absolute atomic E-state index is 0.109. The Kier molecular flexibility index (Phi) is 9.27. The maximum Gasteiger partial charge on any atom is 0.416 e. The summed E-state index contributed by atoms with van der Waals surface area (Å²) >= 11 is 6.20. The van der Waals surface area contributed by atoms with E-state index < -0.39 is 33.7 Å². The number of hydrogen-bond donors (Lipinski definition) is 1. The third-order valence-corrected chi connectivity index (χ3v) is 8.29. The van der Waals surface area contributed by atoms with Crippen molar-refractivity contribution in [1.29, 1.82) is 0 Å². The van der Waals surface area contributed by atoms with Gasteiger partial charge in [0.2, 0.25) is 15.9 Å². The van der Waals surface area contributed by atoms with Crippen LogP contribution in [0, 0.1) is 0 Å². The zero-order valence-corrected chi connectivity index (χ0v) is 23.3. The van der Waals surface area contributed by atoms with E-state index in [9.17, 15) is 26.4 Å². The number of nitrogens with one attached hydrogen (secondary N) is 1. The van der Waals surface area contributed by atoms with Crippen LogP contribution in [0.2, 0.25) is 5.02 Å². The molecule has 7 nitrogen and oxygen atoms in total. The number of hydrogen-bond acceptors (Lipinski definition) is 5. The minimum Gasteiger partial charge on any atom is -0.492 e. The highest BCUT2D eigenvalue weighted by Crippen LogP contribution is 2.32. The lowest BCUT2D eigenvalue weighted by atomic mass is 10.1. The number of amides is 1. The van der Waals surface area contributed by atoms with Gasteiger partial charge in [-0.15, -0.1) is 0 Å². The van der Waals surface area contributed by atoms with Gasteiger partial charge in [0.1, 0.15) is 11.8 Å². The second kappa shape index (κ2) is 12.5. The number of nitrogens with zero attached hydrogens (tertiary/aromatic N) is 2. The van der Waals surface area contributed by atoms with Gasteiger partial charge in [0.25, 0.3) is 0 Å². The van der Waals surface area contributed by atoms with Crippen LogP contribution in [0.3, 0.4) is 0 Å². The van der Waals surface area contributed by atoms with Crippen LogP contribution in [-0.2, 0) is 27.4 Å². The molecule has 0 radical (unpaired) electrons. The van der Waals surface area contributed by atoms with E-state index in [0.717, 1.165) is 17.7 Å². The van der Waals surface area contributed by atoms with Crippen LogP contribution in [0.5, 0.6) is 5.75 Å². The van der Waals surface area contributed by atoms with Gasteiger partial charge < -0.3 is 14.5 Å². The van der Waals surface area contributed by atoms with Gasteiger partial charge in [0.05, 0.1) is 22.1 Å². The van der Waals surface area contributed by atoms with E-state index in [0.29, 0.717) is 31.1 Å². The number of piperazine rings is 1. The van der Waals surface area contributed by atoms with E-state index >= 15 is 0 Å². The van der Waals surface area contributed by atoms with Crippen LogP contribution in [-0.4, -0.2) is 58.1 Å². The Hall–Kier alpha value is -3.28. The SMILES string of the molecule is CCOc1ccc(S(=O)(=O)N[C@@H](Cc2ccccc2)C(=O)N2CCN(c3cccc(C(F)(F)F)c3)CC2)cc1Cl. The maximum absolute atomic E-state index is 13.6. The van der Waals surface area contributed by atoms with Gasteiger partial charge in [0, 0.05) is 31.9 Å². The van der Waals surface area contributed by atoms with Crippen molar-refractivity contribution < 1.29 is 31.1 Å². The van der Waals surface area contributed by atoms with Crippen LogP contribution < -0.4 is 14.4 Å². The molecule has 3 aromatic rings. The molecule has 0 spiro atoms. The molecule has 4 rings (SSSR count). The van der Waals surface area contributed by atoms with Crippen molar-refractivity contribution in [2.75, 3.05) is 37.7 Å². The Balaban J connectivity index is 1.51. The molecule has 214 valence electrons. The van der Waals surface area contributed by atoms with E-state index in [1.807, 2.05) is 6.07 Å². The summed E-state index contributed by atoms with van der Waals surface area (Å²) in [6.45, 7) is 3.17. The molecule has 1 aliphatic rings. The number of benzene rings is 3. The Labute approximate surface area is 236 Å². The smallest absolute Gasteiger partial charge is 0.416 e. The Morgan fingerprint density at radius 1 is 1.00 bits per heavy atom. The average molecular weight is 596 g/mol. The summed E-state index contributed by atoms with van der Waals surface area (Å²) in [6, 6.07) is 17.0. The first kappa shape index (κ1) is 29.7. The number of ether oxygens (including phenoxy) is 1. The molecule has 1 amide bonds. The molecule has 12 heteroatoms. The zero-order valence-electron chi connectivity index (χ0n) is 21.7. The van der Waals surface area contributed by atoms with Crippen molar-refractivity contribution in [2.24, 2.45) is 0 Å². The largest absolute Gasteiger partial charge is 0.492 e. The predicted molar refractivity (Wildman–Crippen MR) is 147 cm³/mol. The van der Waals surface area contributed by atoms with E-state index in [-0.39, 0.29) is 29.4 Å². The van der Waals surface area contributed by atoms with E-state index in [2.05, 4.69) is 4.72 Å². The summed E-state index contributed by atoms with van der Waals surface area (Å²) in [4.78, 5) is 16.8. The van der Waals surface area contributed by atoms with Gasteiger partial charge in [-0.1, -0.05) is 48.0 Å². The van der Waals surface area contributed by atoms with Crippen LogP contribution in [0.25, 0.3) is 0 Å². The lowest BCUT2D eigenvalue weighted by Gasteiger charge is -2.38. The molecule has 1 fully saturated rings. The molecular formula is C28H29ClF3N3O4S. The van der Waals surface area contributed by atoms with Gasteiger partial charge in [-0.25, -0.2) is 8.42 Å². The molecule has 1 aliphatic heterocycles. The van der Waals surface area contributed by atoms with Crippen LogP contribution in [0.15, 0.2) is 77.7 Å². The number of carbonyl (C=O) groups excluding carboxylic acids is 1. The number of sulfonamides is 1. The molecule has 0 saturated carbocycles. The van der Waals surface area contributed by atoms with Crippen molar-refractivity contribution in [2.45, 2.75) is 30.5 Å². The van der Waals surface area contributed by atoms with Crippen molar-refractivity contribution >= 4 is 33.2 Å². The van der Waals surface area contributed by atoms with Crippen molar-refractivity contribution in [3.05, 3.63) is 88.9 Å². The fraction of sp³-hybridized carbons (Fsp3) is 0.321. The summed E-state index contributed by atoms with van der Waals surface area (Å²) in [6.07, 6.45) is -4.35. The molecule has 1 atom stereocenters. The van der Waals surface area contributed by atoms with Gasteiger partial charge in [0.15, 0.2) is 0 Å². The second-order valence-corrected chi connectivity index (χ2v) is 11.4. The highest BCUT2D eigenvalue weighted by Gasteiger charge is 2.33. The fourth-order valence-corrected chi connectivity index (χ4v) is 6.00. The van der Waals surface area contributed by atoms with Gasteiger partial charge in [-0.3, -0.25) is 4.79 Å². The standard InChI is InChI=1S/C28H29ClF3N3O4S/c1-2-39-26-12-11-23(19-24(26)29)40(37,38)33-25(17-20-7-4-3-5-8-20)27(36)35-15-13-34(14-16-35)22-10-6-9-21(18-22)28(30,31)32/h3-12,18-19,25,33H,2,13-17H2,1H3/t25-/m0/s1. The lowest BCUT2D eigenvalue weighted by Crippen LogP contribution is -2.55. The van der Waals surface area contributed by atoms with E-state index in [4.69, 9.17) is 16.3 Å². The van der Waals surface area contributed by atoms with Crippen molar-refractivity contribution in [3.8, 4) is 5.75 Å². The topological polar surface area (TPSA) is 78.9 Å². The van der Waals surface area contributed by atoms with Gasteiger partial charge in [-0.2, -0.15) is 17.9 Å². The molecule has 1 N–H and O–H groups in total. The zero-order chi connectivity index (χ0) is 28.9. The third-order valence-electron chi connectivity index (χ3n) is 6.52. The van der Waals surface area contributed by atoms with Crippen LogP contribution in [0.1, 0.15) is 18.1 Å². The summed E-state index contributed by atoms with van der Waals surface area (Å²) in [5, 5.41) is 0.126. The third kappa shape index (κ3) is 7.26. The summed E-state index contributed by atoms with van der Waals surface area (Å²) in [5.74, 6) is -0.0770. The van der Waals surface area contributed by atoms with Crippen molar-refractivity contribution in [3.63, 3.8) is 0 Å². The molecule has 40 heavy (non-hydrogen) atoms. The average Bonchev–Trinajstić information content (AvgIpc) is 2.93. The summed E-state index contributed by atoms with van der Waals surface area (Å²) < 4.78 is 74.0. The molecular weight excluding hydrogens is 567 g/mol.